The first-order valence-electron chi connectivity index (χ1n) is 19.0. The summed E-state index contributed by atoms with van der Waals surface area (Å²) >= 11 is 0. The molecular formula is C42H48N4O12P2. The maximum Gasteiger partial charge on any atom is 0.356 e. The third-order valence-corrected chi connectivity index (χ3v) is 12.2. The van der Waals surface area contributed by atoms with Crippen molar-refractivity contribution in [2.45, 2.75) is 62.7 Å². The van der Waals surface area contributed by atoms with Crippen molar-refractivity contribution in [1.29, 1.82) is 0 Å². The molecule has 4 amide bonds. The Morgan fingerprint density at radius 3 is 2.12 bits per heavy atom. The molecule has 0 fully saturated rings. The lowest BCUT2D eigenvalue weighted by molar-refractivity contribution is -0.143. The predicted octanol–water partition coefficient (Wildman–Crippen LogP) is 2.91. The molecule has 0 aromatic heterocycles. The Morgan fingerprint density at radius 1 is 0.833 bits per heavy atom. The number of hydrogen-bond donors (Lipinski definition) is 9. The van der Waals surface area contributed by atoms with Crippen molar-refractivity contribution in [2.75, 3.05) is 6.54 Å². The molecule has 16 nitrogen and oxygen atoms in total. The number of benzene rings is 4. The number of rotatable bonds is 12. The number of nitrogens with two attached hydrogens (primary N) is 1. The lowest BCUT2D eigenvalue weighted by Crippen LogP contribution is -2.63. The molecule has 5 rings (SSSR count). The molecule has 1 aliphatic heterocycles. The first-order valence-corrected chi connectivity index (χ1v) is 22.4. The Kier molecular flexibility index (Phi) is 14.7. The molecule has 5 atom stereocenters. The smallest absolute Gasteiger partial charge is 0.356 e. The van der Waals surface area contributed by atoms with Gasteiger partial charge in [0.15, 0.2) is 0 Å². The van der Waals surface area contributed by atoms with Crippen molar-refractivity contribution in [1.82, 2.24) is 16.0 Å². The third kappa shape index (κ3) is 12.5. The molecule has 0 bridgehead atoms. The summed E-state index contributed by atoms with van der Waals surface area (Å²) in [6, 6.07) is 23.2. The van der Waals surface area contributed by atoms with Crippen LogP contribution < -0.4 is 27.0 Å². The molecule has 60 heavy (non-hydrogen) atoms. The number of carbonyl (C=O) groups is 5. The predicted molar refractivity (Wildman–Crippen MR) is 223 cm³/mol. The number of carbonyl (C=O) groups excluding carboxylic acids is 4. The standard InChI is InChI=1S/C42H48N4O12P2/c1-42(23-26-14-18-32(19-15-26)60(56,57)58)41(52)45-36(22-37(43)47)40(51)44-24-28(20-31-9-5-8-29-7-2-3-10-33(29)31)6-4-11-34(35(21-38(48)49)39(50)46-42)30-16-12-27(13-17-30)25-59(53,54)55/h2-5,7-19,28,34-36H,6,20-25H2,1H3,(H2,43,47)(H,44,51)(H,45,52)(H,46,50)(H,48,49)(H2,53,54,55)(H2,56,57,58)/b11-4+/t28-,34+,35-,36-,42-/m0/s1. The molecule has 4 aromatic carbocycles. The van der Waals surface area contributed by atoms with Crippen LogP contribution in [0.1, 0.15) is 54.4 Å². The third-order valence-electron chi connectivity index (χ3n) is 10.4. The topological polar surface area (TPSA) is 283 Å². The highest BCUT2D eigenvalue weighted by atomic mass is 31.2. The molecule has 0 unspecified atom stereocenters. The van der Waals surface area contributed by atoms with Crippen molar-refractivity contribution < 1.29 is 57.8 Å². The van der Waals surface area contributed by atoms with Gasteiger partial charge in [-0.05, 0) is 70.8 Å². The zero-order chi connectivity index (χ0) is 43.8. The fourth-order valence-electron chi connectivity index (χ4n) is 7.43. The molecule has 0 spiro atoms. The van der Waals surface area contributed by atoms with E-state index in [0.29, 0.717) is 29.5 Å². The van der Waals surface area contributed by atoms with E-state index in [0.717, 1.165) is 28.5 Å². The molecule has 10 N–H and O–H groups in total. The first-order chi connectivity index (χ1) is 28.2. The van der Waals surface area contributed by atoms with Crippen LogP contribution in [0.25, 0.3) is 10.8 Å². The van der Waals surface area contributed by atoms with Gasteiger partial charge in [-0.1, -0.05) is 91.0 Å². The number of amides is 4. The molecule has 0 saturated carbocycles. The quantitative estimate of drug-likeness (QED) is 0.0735. The van der Waals surface area contributed by atoms with Crippen molar-refractivity contribution >= 4 is 60.9 Å². The van der Waals surface area contributed by atoms with Crippen LogP contribution >= 0.6 is 15.2 Å². The van der Waals surface area contributed by atoms with E-state index in [1.165, 1.54) is 31.2 Å². The number of carboxylic acid groups (broad SMARTS) is 1. The van der Waals surface area contributed by atoms with Crippen LogP contribution in [-0.2, 0) is 52.1 Å². The number of aliphatic carboxylic acids is 1. The van der Waals surface area contributed by atoms with E-state index in [1.54, 1.807) is 24.3 Å². The molecule has 4 aromatic rings. The number of primary amides is 1. The average Bonchev–Trinajstić information content (AvgIpc) is 3.16. The van der Waals surface area contributed by atoms with Crippen LogP contribution in [0.5, 0.6) is 0 Å². The van der Waals surface area contributed by atoms with Crippen molar-refractivity contribution in [3.05, 3.63) is 125 Å². The molecule has 1 heterocycles. The number of fused-ring (bicyclic) bond motifs is 1. The van der Waals surface area contributed by atoms with Crippen molar-refractivity contribution in [3.63, 3.8) is 0 Å². The lowest BCUT2D eigenvalue weighted by atomic mass is 9.81. The largest absolute Gasteiger partial charge is 0.481 e. The number of allylic oxidation sites excluding steroid dienone is 2. The average molecular weight is 863 g/mol. The Hall–Kier alpha value is -5.47. The summed E-state index contributed by atoms with van der Waals surface area (Å²) in [6.45, 7) is 1.40. The zero-order valence-corrected chi connectivity index (χ0v) is 34.4. The van der Waals surface area contributed by atoms with Crippen LogP contribution in [-0.4, -0.2) is 72.4 Å². The summed E-state index contributed by atoms with van der Waals surface area (Å²) in [5.74, 6) is -7.42. The van der Waals surface area contributed by atoms with Crippen LogP contribution in [0, 0.1) is 11.8 Å². The number of hydrogen-bond acceptors (Lipinski definition) is 7. The summed E-state index contributed by atoms with van der Waals surface area (Å²) < 4.78 is 23.6. The highest BCUT2D eigenvalue weighted by molar-refractivity contribution is 7.60. The molecule has 1 aliphatic rings. The minimum atomic E-state index is -4.64. The summed E-state index contributed by atoms with van der Waals surface area (Å²) in [4.78, 5) is 106. The van der Waals surface area contributed by atoms with Gasteiger partial charge in [-0.15, -0.1) is 0 Å². The second-order valence-corrected chi connectivity index (χ2v) is 18.6. The van der Waals surface area contributed by atoms with Gasteiger partial charge in [-0.2, -0.15) is 0 Å². The van der Waals surface area contributed by atoms with Gasteiger partial charge in [0.2, 0.25) is 23.6 Å². The zero-order valence-electron chi connectivity index (χ0n) is 32.6. The Bertz CT molecular complexity index is 2360. The van der Waals surface area contributed by atoms with Gasteiger partial charge < -0.3 is 46.4 Å². The van der Waals surface area contributed by atoms with Gasteiger partial charge in [-0.25, -0.2) is 0 Å². The van der Waals surface area contributed by atoms with Crippen LogP contribution in [0.3, 0.4) is 0 Å². The van der Waals surface area contributed by atoms with Gasteiger partial charge in [0.1, 0.15) is 11.6 Å². The molecule has 0 aliphatic carbocycles. The molecule has 18 heteroatoms. The van der Waals surface area contributed by atoms with Crippen LogP contribution in [0.15, 0.2) is 103 Å². The minimum Gasteiger partial charge on any atom is -0.481 e. The minimum absolute atomic E-state index is 0.0676. The second kappa shape index (κ2) is 19.3. The van der Waals surface area contributed by atoms with Crippen molar-refractivity contribution in [2.24, 2.45) is 17.6 Å². The fraction of sp³-hybridized carbons (Fsp3) is 0.310. The summed E-state index contributed by atoms with van der Waals surface area (Å²) in [6.07, 6.45) is 2.04. The van der Waals surface area contributed by atoms with Crippen LogP contribution in [0.4, 0.5) is 0 Å². The lowest BCUT2D eigenvalue weighted by Gasteiger charge is -2.34. The molecular weight excluding hydrogens is 814 g/mol. The van der Waals surface area contributed by atoms with E-state index < -0.39 is 87.2 Å². The second-order valence-electron chi connectivity index (χ2n) is 15.3. The van der Waals surface area contributed by atoms with E-state index in [9.17, 15) is 57.8 Å². The normalized spacial score (nSPS) is 22.7. The summed E-state index contributed by atoms with van der Waals surface area (Å²) in [5, 5.41) is 20.0. The highest BCUT2D eigenvalue weighted by Crippen LogP contribution is 2.40. The Labute approximate surface area is 346 Å². The van der Waals surface area contributed by atoms with Crippen molar-refractivity contribution in [3.8, 4) is 0 Å². The van der Waals surface area contributed by atoms with Gasteiger partial charge in [0.25, 0.3) is 0 Å². The molecule has 318 valence electrons. The maximum absolute atomic E-state index is 14.6. The first kappa shape index (κ1) is 45.6. The highest BCUT2D eigenvalue weighted by Gasteiger charge is 2.41. The molecule has 0 saturated heterocycles. The fourth-order valence-corrected chi connectivity index (χ4v) is 8.65. The van der Waals surface area contributed by atoms with E-state index in [-0.39, 0.29) is 24.2 Å². The SMILES string of the molecule is C[C@@]1(Cc2ccc(P(=O)(O)O)cc2)NC(=O)[C@@H](CC(=O)O)[C@@H](c2ccc(CP(=O)(O)O)cc2)/C=C/C[C@@H](Cc2cccc3ccccc23)CNC(=O)[C@H](CC(N)=O)NC1=O. The van der Waals surface area contributed by atoms with E-state index in [4.69, 9.17) is 5.73 Å². The van der Waals surface area contributed by atoms with E-state index >= 15 is 0 Å². The monoisotopic (exact) mass is 862 g/mol. The Morgan fingerprint density at radius 2 is 1.48 bits per heavy atom. The Balaban J connectivity index is 1.62. The van der Waals surface area contributed by atoms with E-state index in [1.807, 2.05) is 42.5 Å². The summed E-state index contributed by atoms with van der Waals surface area (Å²) in [5.41, 5.74) is 5.60. The maximum atomic E-state index is 14.6. The molecule has 0 radical (unpaired) electrons. The number of nitrogens with one attached hydrogen (secondary N) is 3. The van der Waals surface area contributed by atoms with Gasteiger partial charge in [0, 0.05) is 18.9 Å². The number of carboxylic acids is 1. The van der Waals surface area contributed by atoms with Gasteiger partial charge in [-0.3, -0.25) is 33.1 Å². The van der Waals surface area contributed by atoms with Crippen LogP contribution in [0.2, 0.25) is 0 Å². The van der Waals surface area contributed by atoms with Gasteiger partial charge in [0.05, 0.1) is 30.2 Å². The summed E-state index contributed by atoms with van der Waals surface area (Å²) in [7, 11) is -9.07. The van der Waals surface area contributed by atoms with Gasteiger partial charge >= 0.3 is 21.2 Å². The van der Waals surface area contributed by atoms with E-state index in [2.05, 4.69) is 16.0 Å².